The van der Waals surface area contributed by atoms with Crippen molar-refractivity contribution < 1.29 is 0 Å². The van der Waals surface area contributed by atoms with E-state index in [4.69, 9.17) is 11.6 Å². The summed E-state index contributed by atoms with van der Waals surface area (Å²) in [7, 11) is 2.00. The monoisotopic (exact) mass is 301 g/mol. The van der Waals surface area contributed by atoms with Gasteiger partial charge in [-0.15, -0.1) is 11.3 Å². The Labute approximate surface area is 128 Å². The summed E-state index contributed by atoms with van der Waals surface area (Å²) in [6, 6.07) is 17.2. The van der Waals surface area contributed by atoms with Crippen molar-refractivity contribution in [2.45, 2.75) is 13.0 Å². The summed E-state index contributed by atoms with van der Waals surface area (Å²) in [6.07, 6.45) is 0. The summed E-state index contributed by atoms with van der Waals surface area (Å²) >= 11 is 7.73. The number of halogens is 1. The van der Waals surface area contributed by atoms with Gasteiger partial charge in [-0.2, -0.15) is 0 Å². The average molecular weight is 302 g/mol. The molecule has 1 nitrogen and oxygen atoms in total. The minimum absolute atomic E-state index is 0.179. The fourth-order valence-electron chi connectivity index (χ4n) is 2.70. The Hall–Kier alpha value is -1.35. The molecule has 0 amide bonds. The van der Waals surface area contributed by atoms with Crippen molar-refractivity contribution in [3.63, 3.8) is 0 Å². The second-order valence-corrected chi connectivity index (χ2v) is 6.63. The van der Waals surface area contributed by atoms with E-state index in [1.165, 1.54) is 26.8 Å². The van der Waals surface area contributed by atoms with Crippen LogP contribution in [0.1, 0.15) is 22.0 Å². The van der Waals surface area contributed by atoms with Crippen molar-refractivity contribution in [3.05, 3.63) is 68.9 Å². The minimum Gasteiger partial charge on any atom is -0.309 e. The summed E-state index contributed by atoms with van der Waals surface area (Å²) in [6.45, 7) is 2.17. The van der Waals surface area contributed by atoms with Crippen molar-refractivity contribution in [1.82, 2.24) is 5.32 Å². The molecule has 0 fully saturated rings. The molecule has 0 aliphatic rings. The second-order valence-electron chi connectivity index (χ2n) is 4.88. The highest BCUT2D eigenvalue weighted by Crippen LogP contribution is 2.35. The van der Waals surface area contributed by atoms with Crippen molar-refractivity contribution in [2.24, 2.45) is 0 Å². The van der Waals surface area contributed by atoms with Crippen LogP contribution in [0.25, 0.3) is 10.8 Å². The quantitative estimate of drug-likeness (QED) is 0.703. The molecule has 0 radical (unpaired) electrons. The lowest BCUT2D eigenvalue weighted by molar-refractivity contribution is 0.705. The van der Waals surface area contributed by atoms with Crippen LogP contribution >= 0.6 is 22.9 Å². The SMILES string of the molecule is CNC(c1ccc(Cl)s1)c1c(C)ccc2ccccc12. The van der Waals surface area contributed by atoms with Crippen LogP contribution in [-0.2, 0) is 0 Å². The molecule has 0 spiro atoms. The Morgan fingerprint density at radius 1 is 1.05 bits per heavy atom. The second kappa shape index (κ2) is 5.57. The van der Waals surface area contributed by atoms with E-state index in [9.17, 15) is 0 Å². The maximum Gasteiger partial charge on any atom is 0.0931 e. The van der Waals surface area contributed by atoms with Crippen LogP contribution in [0.15, 0.2) is 48.5 Å². The Kier molecular flexibility index (Phi) is 3.79. The molecule has 2 aromatic carbocycles. The largest absolute Gasteiger partial charge is 0.309 e. The zero-order chi connectivity index (χ0) is 14.1. The molecular weight excluding hydrogens is 286 g/mol. The molecule has 0 saturated heterocycles. The number of aryl methyl sites for hydroxylation is 1. The lowest BCUT2D eigenvalue weighted by Gasteiger charge is -2.20. The van der Waals surface area contributed by atoms with E-state index in [1.807, 2.05) is 13.1 Å². The Balaban J connectivity index is 2.23. The van der Waals surface area contributed by atoms with Crippen LogP contribution in [0.4, 0.5) is 0 Å². The third-order valence-corrected chi connectivity index (χ3v) is 4.94. The third kappa shape index (κ3) is 2.35. The summed E-state index contributed by atoms with van der Waals surface area (Å²) < 4.78 is 0.832. The third-order valence-electron chi connectivity index (χ3n) is 3.64. The Morgan fingerprint density at radius 3 is 2.55 bits per heavy atom. The molecule has 20 heavy (non-hydrogen) atoms. The molecule has 1 aromatic heterocycles. The van der Waals surface area contributed by atoms with Crippen molar-refractivity contribution in [2.75, 3.05) is 7.05 Å². The van der Waals surface area contributed by atoms with E-state index in [-0.39, 0.29) is 6.04 Å². The van der Waals surface area contributed by atoms with Gasteiger partial charge in [0.05, 0.1) is 10.4 Å². The topological polar surface area (TPSA) is 12.0 Å². The molecule has 0 aliphatic heterocycles. The fraction of sp³-hybridized carbons (Fsp3) is 0.176. The fourth-order valence-corrected chi connectivity index (χ4v) is 3.88. The van der Waals surface area contributed by atoms with Gasteiger partial charge in [0.2, 0.25) is 0 Å². The van der Waals surface area contributed by atoms with E-state index in [1.54, 1.807) is 11.3 Å². The summed E-state index contributed by atoms with van der Waals surface area (Å²) in [5.74, 6) is 0. The van der Waals surface area contributed by atoms with E-state index in [0.717, 1.165) is 4.34 Å². The molecule has 0 bridgehead atoms. The van der Waals surface area contributed by atoms with Gasteiger partial charge in [-0.1, -0.05) is 48.0 Å². The first-order chi connectivity index (χ1) is 9.70. The zero-order valence-electron chi connectivity index (χ0n) is 11.5. The number of rotatable bonds is 3. The van der Waals surface area contributed by atoms with Gasteiger partial charge in [0.15, 0.2) is 0 Å². The molecule has 102 valence electrons. The van der Waals surface area contributed by atoms with Crippen LogP contribution in [0.2, 0.25) is 4.34 Å². The molecule has 3 heteroatoms. The van der Waals surface area contributed by atoms with Gasteiger partial charge < -0.3 is 5.32 Å². The van der Waals surface area contributed by atoms with Gasteiger partial charge in [-0.3, -0.25) is 0 Å². The van der Waals surface area contributed by atoms with Gasteiger partial charge in [-0.05, 0) is 48.0 Å². The lowest BCUT2D eigenvalue weighted by atomic mass is 9.93. The molecule has 3 rings (SSSR count). The van der Waals surface area contributed by atoms with Crippen LogP contribution in [0, 0.1) is 6.92 Å². The first-order valence-corrected chi connectivity index (χ1v) is 7.81. The maximum absolute atomic E-state index is 6.10. The zero-order valence-corrected chi connectivity index (χ0v) is 13.1. The van der Waals surface area contributed by atoms with E-state index in [0.29, 0.717) is 0 Å². The standard InChI is InChI=1S/C17H16ClNS/c1-11-7-8-12-5-3-4-6-13(12)16(11)17(19-2)14-9-10-15(18)20-14/h3-10,17,19H,1-2H3. The molecule has 1 unspecified atom stereocenters. The average Bonchev–Trinajstić information content (AvgIpc) is 2.88. The first-order valence-electron chi connectivity index (χ1n) is 6.61. The minimum atomic E-state index is 0.179. The normalized spacial score (nSPS) is 12.8. The summed E-state index contributed by atoms with van der Waals surface area (Å²) in [5.41, 5.74) is 2.64. The van der Waals surface area contributed by atoms with Crippen LogP contribution in [0.3, 0.4) is 0 Å². The molecule has 0 saturated carbocycles. The Morgan fingerprint density at radius 2 is 1.85 bits per heavy atom. The number of benzene rings is 2. The maximum atomic E-state index is 6.10. The molecule has 1 N–H and O–H groups in total. The van der Waals surface area contributed by atoms with Crippen LogP contribution in [-0.4, -0.2) is 7.05 Å². The molecule has 1 heterocycles. The van der Waals surface area contributed by atoms with E-state index in [2.05, 4.69) is 54.7 Å². The predicted molar refractivity (Wildman–Crippen MR) is 88.9 cm³/mol. The van der Waals surface area contributed by atoms with Gasteiger partial charge in [0.25, 0.3) is 0 Å². The number of hydrogen-bond acceptors (Lipinski definition) is 2. The first kappa shape index (κ1) is 13.6. The summed E-state index contributed by atoms with van der Waals surface area (Å²) in [4.78, 5) is 1.25. The lowest BCUT2D eigenvalue weighted by Crippen LogP contribution is -2.18. The number of thiophene rings is 1. The van der Waals surface area contributed by atoms with Gasteiger partial charge in [0, 0.05) is 4.88 Å². The van der Waals surface area contributed by atoms with Gasteiger partial charge in [-0.25, -0.2) is 0 Å². The van der Waals surface area contributed by atoms with E-state index >= 15 is 0 Å². The van der Waals surface area contributed by atoms with Crippen LogP contribution in [0.5, 0.6) is 0 Å². The van der Waals surface area contributed by atoms with Crippen molar-refractivity contribution >= 4 is 33.7 Å². The molecule has 3 aromatic rings. The predicted octanol–water partition coefficient (Wildman–Crippen LogP) is 5.17. The van der Waals surface area contributed by atoms with E-state index < -0.39 is 0 Å². The molecule has 1 atom stereocenters. The van der Waals surface area contributed by atoms with Gasteiger partial charge in [0.1, 0.15) is 0 Å². The number of nitrogens with one attached hydrogen (secondary N) is 1. The number of fused-ring (bicyclic) bond motifs is 1. The van der Waals surface area contributed by atoms with Crippen LogP contribution < -0.4 is 5.32 Å². The van der Waals surface area contributed by atoms with Gasteiger partial charge >= 0.3 is 0 Å². The highest BCUT2D eigenvalue weighted by Gasteiger charge is 2.18. The summed E-state index contributed by atoms with van der Waals surface area (Å²) in [5, 5.41) is 6.01. The van der Waals surface area contributed by atoms with Crippen molar-refractivity contribution in [3.8, 4) is 0 Å². The number of hydrogen-bond donors (Lipinski definition) is 1. The highest BCUT2D eigenvalue weighted by atomic mass is 35.5. The molecule has 0 aliphatic carbocycles. The van der Waals surface area contributed by atoms with Crippen molar-refractivity contribution in [1.29, 1.82) is 0 Å². The highest BCUT2D eigenvalue weighted by molar-refractivity contribution is 7.16. The molecular formula is C17H16ClNS. The smallest absolute Gasteiger partial charge is 0.0931 e. The Bertz CT molecular complexity index is 748.